The van der Waals surface area contributed by atoms with Gasteiger partial charge < -0.3 is 19.9 Å². The lowest BCUT2D eigenvalue weighted by atomic mass is 10.0. The van der Waals surface area contributed by atoms with E-state index in [9.17, 15) is 9.59 Å². The Morgan fingerprint density at radius 3 is 2.22 bits per heavy atom. The molecule has 0 aliphatic carbocycles. The van der Waals surface area contributed by atoms with Crippen LogP contribution >= 0.6 is 15.9 Å². The van der Waals surface area contributed by atoms with Gasteiger partial charge in [0.05, 0.1) is 6.42 Å². The summed E-state index contributed by atoms with van der Waals surface area (Å²) in [6, 6.07) is 23.0. The third kappa shape index (κ3) is 9.92. The highest BCUT2D eigenvalue weighted by molar-refractivity contribution is 9.10. The number of unbranched alkanes of at least 4 members (excludes halogenated alkanes) is 3. The lowest BCUT2D eigenvalue weighted by Gasteiger charge is -2.20. The van der Waals surface area contributed by atoms with E-state index < -0.39 is 5.97 Å². The van der Waals surface area contributed by atoms with E-state index >= 15 is 0 Å². The minimum Gasteiger partial charge on any atom is -0.489 e. The number of amides is 1. The number of carbonyl (C=O) groups excluding carboxylic acids is 1. The van der Waals surface area contributed by atoms with E-state index in [0.717, 1.165) is 46.4 Å². The van der Waals surface area contributed by atoms with E-state index in [4.69, 9.17) is 14.6 Å². The van der Waals surface area contributed by atoms with Gasteiger partial charge in [-0.25, -0.2) is 0 Å². The molecule has 0 bridgehead atoms. The zero-order chi connectivity index (χ0) is 26.5. The maximum atomic E-state index is 12.3. The number of carbonyl (C=O) groups is 2. The fourth-order valence-corrected chi connectivity index (χ4v) is 4.07. The molecule has 0 radical (unpaired) electrons. The molecule has 2 N–H and O–H groups in total. The maximum absolute atomic E-state index is 12.3. The fraction of sp³-hybridized carbons (Fsp3) is 0.333. The first-order valence-electron chi connectivity index (χ1n) is 12.7. The zero-order valence-corrected chi connectivity index (χ0v) is 22.7. The Labute approximate surface area is 227 Å². The van der Waals surface area contributed by atoms with Gasteiger partial charge in [0.25, 0.3) is 5.91 Å². The number of carboxylic acid groups (broad SMARTS) is 1. The number of ether oxygens (including phenoxy) is 2. The van der Waals surface area contributed by atoms with Gasteiger partial charge >= 0.3 is 5.97 Å². The van der Waals surface area contributed by atoms with E-state index in [-0.39, 0.29) is 25.0 Å². The number of benzene rings is 3. The zero-order valence-electron chi connectivity index (χ0n) is 21.1. The van der Waals surface area contributed by atoms with Crippen LogP contribution < -0.4 is 14.8 Å². The van der Waals surface area contributed by atoms with Gasteiger partial charge in [0.1, 0.15) is 24.2 Å². The summed E-state index contributed by atoms with van der Waals surface area (Å²) in [7, 11) is 0. The molecular weight excluding hydrogens is 534 g/mol. The normalized spacial score (nSPS) is 11.5. The minimum atomic E-state index is -0.942. The van der Waals surface area contributed by atoms with Crippen molar-refractivity contribution in [2.75, 3.05) is 6.54 Å². The SMILES string of the molecule is CCCCCCC(Oc1ccc(OCc2ccc(Br)cc2)cc1)c1ccc(C(=O)NCCC(=O)O)cc1. The van der Waals surface area contributed by atoms with Crippen molar-refractivity contribution in [1.29, 1.82) is 0 Å². The highest BCUT2D eigenvalue weighted by atomic mass is 79.9. The Kier molecular flexibility index (Phi) is 11.5. The molecular formula is C30H34BrNO5. The molecule has 6 nitrogen and oxygen atoms in total. The van der Waals surface area contributed by atoms with Crippen LogP contribution in [0.1, 0.15) is 73.0 Å². The third-order valence-electron chi connectivity index (χ3n) is 5.91. The van der Waals surface area contributed by atoms with Gasteiger partial charge in [0.15, 0.2) is 0 Å². The molecule has 0 aliphatic heterocycles. The summed E-state index contributed by atoms with van der Waals surface area (Å²) in [5.41, 5.74) is 2.58. The van der Waals surface area contributed by atoms with E-state index in [1.54, 1.807) is 12.1 Å². The molecule has 0 aliphatic rings. The lowest BCUT2D eigenvalue weighted by Crippen LogP contribution is -2.26. The Bertz CT molecular complexity index is 1110. The van der Waals surface area contributed by atoms with Crippen LogP contribution in [0, 0.1) is 0 Å². The molecule has 0 spiro atoms. The molecule has 196 valence electrons. The van der Waals surface area contributed by atoms with Crippen LogP contribution in [0.3, 0.4) is 0 Å². The highest BCUT2D eigenvalue weighted by Crippen LogP contribution is 2.29. The third-order valence-corrected chi connectivity index (χ3v) is 6.44. The first kappa shape index (κ1) is 28.3. The van der Waals surface area contributed by atoms with Crippen molar-refractivity contribution in [3.05, 3.63) is 94.0 Å². The molecule has 0 saturated heterocycles. The monoisotopic (exact) mass is 567 g/mol. The Morgan fingerprint density at radius 2 is 1.57 bits per heavy atom. The number of hydrogen-bond acceptors (Lipinski definition) is 4. The topological polar surface area (TPSA) is 84.9 Å². The summed E-state index contributed by atoms with van der Waals surface area (Å²) in [6.45, 7) is 2.78. The second-order valence-corrected chi connectivity index (χ2v) is 9.78. The summed E-state index contributed by atoms with van der Waals surface area (Å²) in [6.07, 6.45) is 5.16. The van der Waals surface area contributed by atoms with Crippen molar-refractivity contribution >= 4 is 27.8 Å². The summed E-state index contributed by atoms with van der Waals surface area (Å²) < 4.78 is 13.3. The first-order valence-corrected chi connectivity index (χ1v) is 13.5. The van der Waals surface area contributed by atoms with Crippen LogP contribution in [0.25, 0.3) is 0 Å². The van der Waals surface area contributed by atoms with Crippen molar-refractivity contribution in [2.24, 2.45) is 0 Å². The average Bonchev–Trinajstić information content (AvgIpc) is 2.90. The quantitative estimate of drug-likeness (QED) is 0.188. The largest absolute Gasteiger partial charge is 0.489 e. The van der Waals surface area contributed by atoms with Crippen molar-refractivity contribution in [3.63, 3.8) is 0 Å². The van der Waals surface area contributed by atoms with Crippen molar-refractivity contribution in [2.45, 2.75) is 58.2 Å². The highest BCUT2D eigenvalue weighted by Gasteiger charge is 2.15. The molecule has 1 atom stereocenters. The van der Waals surface area contributed by atoms with Crippen LogP contribution in [0.2, 0.25) is 0 Å². The lowest BCUT2D eigenvalue weighted by molar-refractivity contribution is -0.136. The molecule has 7 heteroatoms. The van der Waals surface area contributed by atoms with E-state index in [2.05, 4.69) is 28.2 Å². The van der Waals surface area contributed by atoms with Gasteiger partial charge in [-0.05, 0) is 72.5 Å². The average molecular weight is 569 g/mol. The predicted octanol–water partition coefficient (Wildman–Crippen LogP) is 7.32. The van der Waals surface area contributed by atoms with Gasteiger partial charge in [0, 0.05) is 16.6 Å². The van der Waals surface area contributed by atoms with Gasteiger partial charge in [-0.2, -0.15) is 0 Å². The summed E-state index contributed by atoms with van der Waals surface area (Å²) >= 11 is 3.44. The number of carboxylic acids is 1. The molecule has 0 aromatic heterocycles. The van der Waals surface area contributed by atoms with E-state index in [0.29, 0.717) is 12.2 Å². The van der Waals surface area contributed by atoms with Crippen molar-refractivity contribution < 1.29 is 24.2 Å². The summed E-state index contributed by atoms with van der Waals surface area (Å²) in [5.74, 6) is 0.301. The van der Waals surface area contributed by atoms with Crippen LogP contribution in [0.4, 0.5) is 0 Å². The van der Waals surface area contributed by atoms with E-state index in [1.807, 2.05) is 60.7 Å². The number of halogens is 1. The van der Waals surface area contributed by atoms with Crippen molar-refractivity contribution in [1.82, 2.24) is 5.32 Å². The second kappa shape index (κ2) is 15.1. The number of nitrogens with one attached hydrogen (secondary N) is 1. The molecule has 3 rings (SSSR count). The van der Waals surface area contributed by atoms with Gasteiger partial charge in [-0.1, -0.05) is 66.4 Å². The van der Waals surface area contributed by atoms with Gasteiger partial charge in [0.2, 0.25) is 0 Å². The summed E-state index contributed by atoms with van der Waals surface area (Å²) in [4.78, 5) is 22.9. The molecule has 37 heavy (non-hydrogen) atoms. The maximum Gasteiger partial charge on any atom is 0.305 e. The molecule has 0 fully saturated rings. The Hall–Kier alpha value is -3.32. The van der Waals surface area contributed by atoms with Crippen molar-refractivity contribution in [3.8, 4) is 11.5 Å². The molecule has 1 unspecified atom stereocenters. The smallest absolute Gasteiger partial charge is 0.305 e. The minimum absolute atomic E-state index is 0.0991. The Balaban J connectivity index is 1.62. The van der Waals surface area contributed by atoms with Crippen LogP contribution in [0.15, 0.2) is 77.3 Å². The molecule has 0 heterocycles. The van der Waals surface area contributed by atoms with Gasteiger partial charge in [-0.3, -0.25) is 9.59 Å². The van der Waals surface area contributed by atoms with E-state index in [1.165, 1.54) is 12.8 Å². The molecule has 0 saturated carbocycles. The molecule has 3 aromatic carbocycles. The van der Waals surface area contributed by atoms with Crippen LogP contribution in [-0.4, -0.2) is 23.5 Å². The van der Waals surface area contributed by atoms with Crippen LogP contribution in [-0.2, 0) is 11.4 Å². The molecule has 1 amide bonds. The van der Waals surface area contributed by atoms with Crippen LogP contribution in [0.5, 0.6) is 11.5 Å². The summed E-state index contributed by atoms with van der Waals surface area (Å²) in [5, 5.41) is 11.4. The van der Waals surface area contributed by atoms with Gasteiger partial charge in [-0.15, -0.1) is 0 Å². The fourth-order valence-electron chi connectivity index (χ4n) is 3.81. The predicted molar refractivity (Wildman–Crippen MR) is 148 cm³/mol. The molecule has 3 aromatic rings. The first-order chi connectivity index (χ1) is 17.9. The standard InChI is InChI=1S/C30H34BrNO5/c1-2-3-4-5-6-28(23-9-11-24(12-10-23)30(35)32-20-19-29(33)34)37-27-17-15-26(16-18-27)36-21-22-7-13-25(31)14-8-22/h7-18,28H,2-6,19-21H2,1H3,(H,32,35)(H,33,34). The Morgan fingerprint density at radius 1 is 0.892 bits per heavy atom. The number of aliphatic carboxylic acids is 1. The second-order valence-electron chi connectivity index (χ2n) is 8.86. The number of hydrogen-bond donors (Lipinski definition) is 2. The number of rotatable bonds is 15.